The van der Waals surface area contributed by atoms with E-state index in [1.165, 1.54) is 11.8 Å². The first-order valence-electron chi connectivity index (χ1n) is 6.13. The summed E-state index contributed by atoms with van der Waals surface area (Å²) in [5.74, 6) is 2.65. The first-order chi connectivity index (χ1) is 9.22. The van der Waals surface area contributed by atoms with Crippen LogP contribution in [-0.2, 0) is 6.54 Å². The second-order valence-electron chi connectivity index (χ2n) is 4.06. The molecule has 0 aliphatic rings. The summed E-state index contributed by atoms with van der Waals surface area (Å²) in [4.78, 5) is 11.0. The van der Waals surface area contributed by atoms with E-state index in [9.17, 15) is 0 Å². The number of anilines is 2. The van der Waals surface area contributed by atoms with Crippen molar-refractivity contribution in [2.75, 3.05) is 30.1 Å². The summed E-state index contributed by atoms with van der Waals surface area (Å²) in [5.41, 5.74) is 0. The quantitative estimate of drug-likeness (QED) is 0.648. The highest BCUT2D eigenvalue weighted by molar-refractivity contribution is 7.98. The third-order valence-electron chi connectivity index (χ3n) is 2.60. The van der Waals surface area contributed by atoms with Crippen LogP contribution in [0.2, 0.25) is 0 Å². The molecule has 0 aliphatic carbocycles. The standard InChI is InChI=1S/C13H18N4OS/c1-4-14-11-8-12(16-13(15-11)19-3)17(2)9-10-6-5-7-18-10/h5-8H,4,9H2,1-3H3,(H,14,15,16). The highest BCUT2D eigenvalue weighted by Crippen LogP contribution is 2.20. The van der Waals surface area contributed by atoms with Crippen molar-refractivity contribution in [1.29, 1.82) is 0 Å². The molecule has 0 saturated heterocycles. The molecule has 2 heterocycles. The first kappa shape index (κ1) is 13.7. The van der Waals surface area contributed by atoms with Crippen molar-refractivity contribution in [3.8, 4) is 0 Å². The van der Waals surface area contributed by atoms with E-state index < -0.39 is 0 Å². The molecule has 0 saturated carbocycles. The Balaban J connectivity index is 2.19. The van der Waals surface area contributed by atoms with Gasteiger partial charge in [-0.1, -0.05) is 11.8 Å². The van der Waals surface area contributed by atoms with E-state index >= 15 is 0 Å². The molecule has 0 bridgehead atoms. The maximum Gasteiger partial charge on any atom is 0.191 e. The second-order valence-corrected chi connectivity index (χ2v) is 4.84. The van der Waals surface area contributed by atoms with Gasteiger partial charge < -0.3 is 14.6 Å². The zero-order valence-electron chi connectivity index (χ0n) is 11.4. The van der Waals surface area contributed by atoms with Gasteiger partial charge in [0.15, 0.2) is 5.16 Å². The van der Waals surface area contributed by atoms with Crippen molar-refractivity contribution < 1.29 is 4.42 Å². The number of aromatic nitrogens is 2. The van der Waals surface area contributed by atoms with Gasteiger partial charge in [0.05, 0.1) is 12.8 Å². The Labute approximate surface area is 117 Å². The van der Waals surface area contributed by atoms with Crippen molar-refractivity contribution in [3.05, 3.63) is 30.2 Å². The number of hydrogen-bond donors (Lipinski definition) is 1. The van der Waals surface area contributed by atoms with Gasteiger partial charge in [0, 0.05) is 19.7 Å². The molecule has 1 N–H and O–H groups in total. The zero-order valence-corrected chi connectivity index (χ0v) is 12.2. The van der Waals surface area contributed by atoms with Crippen LogP contribution in [-0.4, -0.2) is 29.8 Å². The minimum atomic E-state index is 0.684. The Bertz CT molecular complexity index is 515. The Morgan fingerprint density at radius 3 is 2.89 bits per heavy atom. The van der Waals surface area contributed by atoms with Crippen molar-refractivity contribution in [1.82, 2.24) is 9.97 Å². The van der Waals surface area contributed by atoms with Crippen LogP contribution in [0.1, 0.15) is 12.7 Å². The van der Waals surface area contributed by atoms with E-state index in [-0.39, 0.29) is 0 Å². The maximum atomic E-state index is 5.35. The fourth-order valence-corrected chi connectivity index (χ4v) is 2.06. The van der Waals surface area contributed by atoms with E-state index in [2.05, 4.69) is 15.3 Å². The van der Waals surface area contributed by atoms with Crippen LogP contribution in [0.25, 0.3) is 0 Å². The molecule has 0 fully saturated rings. The molecule has 19 heavy (non-hydrogen) atoms. The lowest BCUT2D eigenvalue weighted by Gasteiger charge is -2.18. The molecule has 0 amide bonds. The topological polar surface area (TPSA) is 54.2 Å². The Hall–Kier alpha value is -1.69. The number of nitrogens with one attached hydrogen (secondary N) is 1. The number of nitrogens with zero attached hydrogens (tertiary/aromatic N) is 3. The number of rotatable bonds is 6. The van der Waals surface area contributed by atoms with Crippen molar-refractivity contribution in [3.63, 3.8) is 0 Å². The van der Waals surface area contributed by atoms with Gasteiger partial charge in [0.2, 0.25) is 0 Å². The van der Waals surface area contributed by atoms with E-state index in [4.69, 9.17) is 4.42 Å². The van der Waals surface area contributed by atoms with Crippen molar-refractivity contribution in [2.45, 2.75) is 18.6 Å². The zero-order chi connectivity index (χ0) is 13.7. The van der Waals surface area contributed by atoms with Gasteiger partial charge in [-0.2, -0.15) is 0 Å². The Morgan fingerprint density at radius 2 is 2.26 bits per heavy atom. The molecule has 5 nitrogen and oxygen atoms in total. The summed E-state index contributed by atoms with van der Waals surface area (Å²) < 4.78 is 5.35. The highest BCUT2D eigenvalue weighted by Gasteiger charge is 2.09. The fraction of sp³-hybridized carbons (Fsp3) is 0.385. The summed E-state index contributed by atoms with van der Waals surface area (Å²) in [6.07, 6.45) is 3.65. The summed E-state index contributed by atoms with van der Waals surface area (Å²) in [6.45, 7) is 3.57. The number of thioether (sulfide) groups is 1. The number of furan rings is 1. The smallest absolute Gasteiger partial charge is 0.191 e. The molecule has 102 valence electrons. The van der Waals surface area contributed by atoms with Gasteiger partial charge in [-0.25, -0.2) is 9.97 Å². The van der Waals surface area contributed by atoms with Gasteiger partial charge in [0.1, 0.15) is 17.4 Å². The SMILES string of the molecule is CCNc1cc(N(C)Cc2ccco2)nc(SC)n1. The lowest BCUT2D eigenvalue weighted by atomic mass is 10.4. The molecule has 2 aromatic rings. The van der Waals surface area contributed by atoms with Crippen LogP contribution in [0.4, 0.5) is 11.6 Å². The third kappa shape index (κ3) is 3.64. The predicted octanol–water partition coefficient (Wildman–Crippen LogP) is 2.86. The predicted molar refractivity (Wildman–Crippen MR) is 78.8 cm³/mol. The average Bonchev–Trinajstić information content (AvgIpc) is 2.91. The largest absolute Gasteiger partial charge is 0.467 e. The molecule has 0 spiro atoms. The minimum Gasteiger partial charge on any atom is -0.467 e. The van der Waals surface area contributed by atoms with Crippen LogP contribution >= 0.6 is 11.8 Å². The van der Waals surface area contributed by atoms with Crippen LogP contribution in [0, 0.1) is 0 Å². The molecule has 2 aromatic heterocycles. The third-order valence-corrected chi connectivity index (χ3v) is 3.14. The molecule has 0 unspecified atom stereocenters. The van der Waals surface area contributed by atoms with Crippen molar-refractivity contribution >= 4 is 23.4 Å². The van der Waals surface area contributed by atoms with Crippen LogP contribution < -0.4 is 10.2 Å². The van der Waals surface area contributed by atoms with Gasteiger partial charge in [0.25, 0.3) is 0 Å². The molecular weight excluding hydrogens is 260 g/mol. The average molecular weight is 278 g/mol. The molecular formula is C13H18N4OS. The Morgan fingerprint density at radius 1 is 1.42 bits per heavy atom. The first-order valence-corrected chi connectivity index (χ1v) is 7.36. The highest BCUT2D eigenvalue weighted by atomic mass is 32.2. The molecule has 0 radical (unpaired) electrons. The van der Waals surface area contributed by atoms with Gasteiger partial charge in [-0.15, -0.1) is 0 Å². The Kier molecular flexibility index (Phi) is 4.68. The van der Waals surface area contributed by atoms with Gasteiger partial charge >= 0.3 is 0 Å². The van der Waals surface area contributed by atoms with E-state index in [0.29, 0.717) is 6.54 Å². The van der Waals surface area contributed by atoms with E-state index in [1.807, 2.05) is 43.3 Å². The maximum absolute atomic E-state index is 5.35. The van der Waals surface area contributed by atoms with Gasteiger partial charge in [-0.3, -0.25) is 0 Å². The summed E-state index contributed by atoms with van der Waals surface area (Å²) in [6, 6.07) is 5.80. The van der Waals surface area contributed by atoms with Crippen molar-refractivity contribution in [2.24, 2.45) is 0 Å². The molecule has 0 atom stereocenters. The van der Waals surface area contributed by atoms with Crippen LogP contribution in [0.5, 0.6) is 0 Å². The summed E-state index contributed by atoms with van der Waals surface area (Å²) >= 11 is 1.54. The van der Waals surface area contributed by atoms with E-state index in [1.54, 1.807) is 6.26 Å². The van der Waals surface area contributed by atoms with E-state index in [0.717, 1.165) is 29.1 Å². The normalized spacial score (nSPS) is 10.5. The minimum absolute atomic E-state index is 0.684. The van der Waals surface area contributed by atoms with Gasteiger partial charge in [-0.05, 0) is 25.3 Å². The molecule has 0 aromatic carbocycles. The fourth-order valence-electron chi connectivity index (χ4n) is 1.69. The molecule has 0 aliphatic heterocycles. The molecule has 2 rings (SSSR count). The lowest BCUT2D eigenvalue weighted by molar-refractivity contribution is 0.506. The van der Waals surface area contributed by atoms with Crippen LogP contribution in [0.15, 0.2) is 34.0 Å². The summed E-state index contributed by atoms with van der Waals surface area (Å²) in [5, 5.41) is 3.99. The summed E-state index contributed by atoms with van der Waals surface area (Å²) in [7, 11) is 1.99. The molecule has 6 heteroatoms. The monoisotopic (exact) mass is 278 g/mol. The van der Waals surface area contributed by atoms with Crippen LogP contribution in [0.3, 0.4) is 0 Å². The second kappa shape index (κ2) is 6.47. The lowest BCUT2D eigenvalue weighted by Crippen LogP contribution is -2.18. The number of hydrogen-bond acceptors (Lipinski definition) is 6.